The van der Waals surface area contributed by atoms with Crippen LogP contribution in [-0.2, 0) is 4.79 Å². The molecule has 2 N–H and O–H groups in total. The van der Waals surface area contributed by atoms with Gasteiger partial charge in [-0.1, -0.05) is 13.3 Å². The van der Waals surface area contributed by atoms with Gasteiger partial charge in [0.05, 0.1) is 5.60 Å². The van der Waals surface area contributed by atoms with E-state index >= 15 is 0 Å². The van der Waals surface area contributed by atoms with Gasteiger partial charge < -0.3 is 10.2 Å². The van der Waals surface area contributed by atoms with Crippen molar-refractivity contribution in [3.8, 4) is 0 Å². The third-order valence-electron chi connectivity index (χ3n) is 3.16. The molecule has 1 aliphatic heterocycles. The van der Waals surface area contributed by atoms with Gasteiger partial charge in [-0.2, -0.15) is 0 Å². The van der Waals surface area contributed by atoms with Crippen LogP contribution in [0, 0.1) is 0 Å². The third kappa shape index (κ3) is 3.47. The molecule has 1 saturated heterocycles. The van der Waals surface area contributed by atoms with Gasteiger partial charge in [0.1, 0.15) is 6.04 Å². The summed E-state index contributed by atoms with van der Waals surface area (Å²) in [5.41, 5.74) is -0.605. The van der Waals surface area contributed by atoms with Gasteiger partial charge in [-0.3, -0.25) is 9.69 Å². The second-order valence-electron chi connectivity index (χ2n) is 4.68. The van der Waals surface area contributed by atoms with E-state index < -0.39 is 11.6 Å². The molecular formula is C11H21NO3. The minimum absolute atomic E-state index is 0.369. The van der Waals surface area contributed by atoms with Crippen LogP contribution >= 0.6 is 0 Å². The van der Waals surface area contributed by atoms with Crippen molar-refractivity contribution in [2.24, 2.45) is 0 Å². The zero-order valence-electron chi connectivity index (χ0n) is 9.57. The molecule has 0 aromatic heterocycles. The van der Waals surface area contributed by atoms with Gasteiger partial charge in [-0.25, -0.2) is 0 Å². The van der Waals surface area contributed by atoms with Crippen LogP contribution in [0.4, 0.5) is 0 Å². The lowest BCUT2D eigenvalue weighted by atomic mass is 9.92. The van der Waals surface area contributed by atoms with Crippen LogP contribution in [0.1, 0.15) is 39.5 Å². The number of carboxylic acid groups (broad SMARTS) is 1. The number of piperidine rings is 1. The molecule has 1 unspecified atom stereocenters. The minimum atomic E-state index is -0.738. The first-order valence-electron chi connectivity index (χ1n) is 5.65. The lowest BCUT2D eigenvalue weighted by Gasteiger charge is -2.38. The molecule has 0 aromatic carbocycles. The highest BCUT2D eigenvalue weighted by atomic mass is 16.4. The van der Waals surface area contributed by atoms with Crippen molar-refractivity contribution in [3.63, 3.8) is 0 Å². The third-order valence-corrected chi connectivity index (χ3v) is 3.16. The zero-order valence-corrected chi connectivity index (χ0v) is 9.57. The average Bonchev–Trinajstić information content (AvgIpc) is 2.14. The van der Waals surface area contributed by atoms with E-state index in [-0.39, 0.29) is 6.04 Å². The Balaban J connectivity index is 2.52. The smallest absolute Gasteiger partial charge is 0.320 e. The van der Waals surface area contributed by atoms with Gasteiger partial charge in [0.2, 0.25) is 0 Å². The van der Waals surface area contributed by atoms with Crippen LogP contribution in [0.5, 0.6) is 0 Å². The predicted molar refractivity (Wildman–Crippen MR) is 57.8 cm³/mol. The molecule has 1 rings (SSSR count). The average molecular weight is 215 g/mol. The first kappa shape index (κ1) is 12.5. The molecule has 1 heterocycles. The Labute approximate surface area is 90.9 Å². The maximum absolute atomic E-state index is 11.0. The Morgan fingerprint density at radius 3 is 2.40 bits per heavy atom. The van der Waals surface area contributed by atoms with Crippen molar-refractivity contribution >= 4 is 5.97 Å². The Bertz CT molecular complexity index is 218. The molecular weight excluding hydrogens is 194 g/mol. The number of aliphatic hydroxyl groups is 1. The topological polar surface area (TPSA) is 60.8 Å². The minimum Gasteiger partial charge on any atom is -0.480 e. The zero-order chi connectivity index (χ0) is 11.5. The normalized spacial score (nSPS) is 23.7. The van der Waals surface area contributed by atoms with Gasteiger partial charge >= 0.3 is 5.97 Å². The maximum atomic E-state index is 11.0. The lowest BCUT2D eigenvalue weighted by molar-refractivity contribution is -0.145. The van der Waals surface area contributed by atoms with Crippen LogP contribution in [0.15, 0.2) is 0 Å². The first-order chi connectivity index (χ1) is 6.96. The molecule has 88 valence electrons. The number of rotatable bonds is 4. The molecule has 0 aliphatic carbocycles. The fourth-order valence-corrected chi connectivity index (χ4v) is 2.05. The molecule has 0 spiro atoms. The summed E-state index contributed by atoms with van der Waals surface area (Å²) in [5.74, 6) is -0.738. The molecule has 0 aromatic rings. The molecule has 0 bridgehead atoms. The molecule has 4 heteroatoms. The Hall–Kier alpha value is -0.610. The van der Waals surface area contributed by atoms with Crippen LogP contribution in [0.3, 0.4) is 0 Å². The van der Waals surface area contributed by atoms with E-state index in [2.05, 4.69) is 0 Å². The van der Waals surface area contributed by atoms with Gasteiger partial charge in [0.15, 0.2) is 0 Å². The molecule has 15 heavy (non-hydrogen) atoms. The number of hydrogen-bond donors (Lipinski definition) is 2. The summed E-state index contributed by atoms with van der Waals surface area (Å²) in [6.45, 7) is 5.18. The van der Waals surface area contributed by atoms with Crippen molar-refractivity contribution < 1.29 is 15.0 Å². The largest absolute Gasteiger partial charge is 0.480 e. The fourth-order valence-electron chi connectivity index (χ4n) is 2.05. The van der Waals surface area contributed by atoms with Gasteiger partial charge in [-0.15, -0.1) is 0 Å². The quantitative estimate of drug-likeness (QED) is 0.737. The van der Waals surface area contributed by atoms with E-state index in [1.165, 1.54) is 0 Å². The monoisotopic (exact) mass is 215 g/mol. The van der Waals surface area contributed by atoms with E-state index in [1.54, 1.807) is 0 Å². The van der Waals surface area contributed by atoms with Crippen molar-refractivity contribution in [1.29, 1.82) is 0 Å². The fraction of sp³-hybridized carbons (Fsp3) is 0.909. The summed E-state index contributed by atoms with van der Waals surface area (Å²) in [5, 5.41) is 18.9. The SMILES string of the molecule is CCCC(C(=O)O)N1CCC(C)(O)CC1. The van der Waals surface area contributed by atoms with Crippen molar-refractivity contribution in [1.82, 2.24) is 4.90 Å². The van der Waals surface area contributed by atoms with E-state index in [9.17, 15) is 9.90 Å². The lowest BCUT2D eigenvalue weighted by Crippen LogP contribution is -2.49. The highest BCUT2D eigenvalue weighted by Gasteiger charge is 2.33. The molecule has 1 atom stereocenters. The van der Waals surface area contributed by atoms with Gasteiger partial charge in [0, 0.05) is 13.1 Å². The maximum Gasteiger partial charge on any atom is 0.320 e. The number of aliphatic carboxylic acids is 1. The summed E-state index contributed by atoms with van der Waals surface area (Å²) >= 11 is 0. The summed E-state index contributed by atoms with van der Waals surface area (Å²) in [6.07, 6.45) is 2.91. The van der Waals surface area contributed by atoms with Crippen LogP contribution in [0.25, 0.3) is 0 Å². The highest BCUT2D eigenvalue weighted by Crippen LogP contribution is 2.23. The Morgan fingerprint density at radius 1 is 1.47 bits per heavy atom. The first-order valence-corrected chi connectivity index (χ1v) is 5.65. The molecule has 1 fully saturated rings. The summed E-state index contributed by atoms with van der Waals surface area (Å²) in [6, 6.07) is -0.369. The van der Waals surface area contributed by atoms with Crippen molar-refractivity contribution in [3.05, 3.63) is 0 Å². The van der Waals surface area contributed by atoms with E-state index in [0.29, 0.717) is 32.4 Å². The van der Waals surface area contributed by atoms with E-state index in [1.807, 2.05) is 18.7 Å². The van der Waals surface area contributed by atoms with E-state index in [0.717, 1.165) is 6.42 Å². The van der Waals surface area contributed by atoms with Crippen LogP contribution in [-0.4, -0.2) is 45.8 Å². The molecule has 0 saturated carbocycles. The molecule has 4 nitrogen and oxygen atoms in total. The van der Waals surface area contributed by atoms with Gasteiger partial charge in [-0.05, 0) is 26.2 Å². The number of carboxylic acids is 1. The number of carbonyl (C=O) groups is 1. The Morgan fingerprint density at radius 2 is 2.00 bits per heavy atom. The second-order valence-corrected chi connectivity index (χ2v) is 4.68. The van der Waals surface area contributed by atoms with Crippen LogP contribution in [0.2, 0.25) is 0 Å². The number of likely N-dealkylation sites (tertiary alicyclic amines) is 1. The van der Waals surface area contributed by atoms with Crippen molar-refractivity contribution in [2.75, 3.05) is 13.1 Å². The predicted octanol–water partition coefficient (Wildman–Crippen LogP) is 1.09. The van der Waals surface area contributed by atoms with Crippen LogP contribution < -0.4 is 0 Å². The number of hydrogen-bond acceptors (Lipinski definition) is 3. The van der Waals surface area contributed by atoms with E-state index in [4.69, 9.17) is 5.11 Å². The summed E-state index contributed by atoms with van der Waals surface area (Å²) < 4.78 is 0. The summed E-state index contributed by atoms with van der Waals surface area (Å²) in [7, 11) is 0. The van der Waals surface area contributed by atoms with Crippen molar-refractivity contribution in [2.45, 2.75) is 51.2 Å². The molecule has 0 amide bonds. The number of nitrogens with zero attached hydrogens (tertiary/aromatic N) is 1. The standard InChI is InChI=1S/C11H21NO3/c1-3-4-9(10(13)14)12-7-5-11(2,15)6-8-12/h9,15H,3-8H2,1-2H3,(H,13,14). The highest BCUT2D eigenvalue weighted by molar-refractivity contribution is 5.73. The Kier molecular flexibility index (Phi) is 4.11. The molecule has 0 radical (unpaired) electrons. The summed E-state index contributed by atoms with van der Waals surface area (Å²) in [4.78, 5) is 13.0. The second kappa shape index (κ2) is 4.94. The van der Waals surface area contributed by atoms with Gasteiger partial charge in [0.25, 0.3) is 0 Å². The molecule has 1 aliphatic rings.